The predicted octanol–water partition coefficient (Wildman–Crippen LogP) is 7.29. The highest BCUT2D eigenvalue weighted by Crippen LogP contribution is 2.47. The Kier molecular flexibility index (Phi) is 16.8. The summed E-state index contributed by atoms with van der Waals surface area (Å²) in [6.07, 6.45) is 4.56. The minimum atomic E-state index is -0.827. The molecule has 4 N–H and O–H groups in total. The van der Waals surface area contributed by atoms with E-state index in [2.05, 4.69) is 67.5 Å². The van der Waals surface area contributed by atoms with Gasteiger partial charge in [-0.2, -0.15) is 0 Å². The molecule has 0 bridgehead atoms. The van der Waals surface area contributed by atoms with Crippen LogP contribution in [0.25, 0.3) is 11.1 Å². The largest absolute Gasteiger partial charge is 0.453 e. The highest BCUT2D eigenvalue weighted by molar-refractivity contribution is 5.99. The zero-order valence-corrected chi connectivity index (χ0v) is 42.7. The lowest BCUT2D eigenvalue weighted by molar-refractivity contribution is -0.139. The van der Waals surface area contributed by atoms with Gasteiger partial charge in [0.25, 0.3) is 0 Å². The molecule has 18 heteroatoms. The van der Waals surface area contributed by atoms with Crippen molar-refractivity contribution in [3.8, 4) is 11.1 Å². The molecule has 6 unspecified atom stereocenters. The number of amides is 6. The second kappa shape index (κ2) is 23.6. The molecule has 4 aromatic rings. The molecule has 388 valence electrons. The molecule has 0 radical (unpaired) electrons. The summed E-state index contributed by atoms with van der Waals surface area (Å²) in [5.41, 5.74) is 6.45. The van der Waals surface area contributed by atoms with Crippen LogP contribution in [0.15, 0.2) is 91.1 Å². The fourth-order valence-electron chi connectivity index (χ4n) is 10.6. The number of anilines is 4. The fraction of sp³-hybridized carbons (Fsp3) is 0.473. The minimum Gasteiger partial charge on any atom is -0.453 e. The van der Waals surface area contributed by atoms with Crippen LogP contribution in [0.5, 0.6) is 0 Å². The molecule has 5 heterocycles. The summed E-state index contributed by atoms with van der Waals surface area (Å²) in [5, 5.41) is 11.4. The zero-order chi connectivity index (χ0) is 51.8. The monoisotopic (exact) mass is 1000 g/mol. The molecule has 4 saturated heterocycles. The Morgan fingerprint density at radius 1 is 0.575 bits per heavy atom. The first-order valence-corrected chi connectivity index (χ1v) is 25.5. The van der Waals surface area contributed by atoms with Gasteiger partial charge in [0.2, 0.25) is 23.6 Å². The van der Waals surface area contributed by atoms with Crippen LogP contribution in [0.1, 0.15) is 89.4 Å². The van der Waals surface area contributed by atoms with E-state index in [1.165, 1.54) is 14.2 Å². The number of likely N-dealkylation sites (tertiary alicyclic amines) is 2. The Hall–Kier alpha value is -7.21. The Morgan fingerprint density at radius 2 is 1.03 bits per heavy atom. The van der Waals surface area contributed by atoms with Gasteiger partial charge in [0.1, 0.15) is 30.0 Å². The number of hydrogen-bond acceptors (Lipinski definition) is 12. The topological polar surface area (TPSA) is 204 Å². The second-order valence-electron chi connectivity index (χ2n) is 19.9. The minimum absolute atomic E-state index is 0.0260. The first-order valence-electron chi connectivity index (χ1n) is 25.5. The lowest BCUT2D eigenvalue weighted by atomic mass is 10.0. The van der Waals surface area contributed by atoms with Gasteiger partial charge < -0.3 is 55.1 Å². The smallest absolute Gasteiger partial charge is 0.407 e. The lowest BCUT2D eigenvalue weighted by Crippen LogP contribution is -2.54. The lowest BCUT2D eigenvalue weighted by Gasteiger charge is -2.34. The summed E-state index contributed by atoms with van der Waals surface area (Å²) >= 11 is 0. The summed E-state index contributed by atoms with van der Waals surface area (Å²) in [5.74, 6) is -0.685. The highest BCUT2D eigenvalue weighted by Gasteiger charge is 2.41. The van der Waals surface area contributed by atoms with Gasteiger partial charge in [-0.1, -0.05) is 64.1 Å². The first kappa shape index (κ1) is 52.1. The average molecular weight is 1000 g/mol. The zero-order valence-electron chi connectivity index (χ0n) is 42.7. The predicted molar refractivity (Wildman–Crippen MR) is 278 cm³/mol. The van der Waals surface area contributed by atoms with Crippen molar-refractivity contribution in [2.45, 2.75) is 102 Å². The Balaban J connectivity index is 0.996. The molecular formula is C55H69N9O9. The van der Waals surface area contributed by atoms with Crippen LogP contribution in [-0.4, -0.2) is 128 Å². The van der Waals surface area contributed by atoms with Gasteiger partial charge >= 0.3 is 12.2 Å². The van der Waals surface area contributed by atoms with Crippen molar-refractivity contribution < 1.29 is 43.0 Å². The number of nitrogens with zero attached hydrogens (tertiary/aromatic N) is 5. The molecule has 1 aromatic heterocycles. The van der Waals surface area contributed by atoms with E-state index < -0.39 is 36.4 Å². The van der Waals surface area contributed by atoms with Gasteiger partial charge in [0.05, 0.1) is 39.5 Å². The fourth-order valence-corrected chi connectivity index (χ4v) is 10.6. The summed E-state index contributed by atoms with van der Waals surface area (Å²) in [4.78, 5) is 91.6. The number of carbonyl (C=O) groups is 6. The maximum Gasteiger partial charge on any atom is 0.407 e. The van der Waals surface area contributed by atoms with Gasteiger partial charge in [0, 0.05) is 55.0 Å². The molecule has 6 amide bonds. The van der Waals surface area contributed by atoms with Crippen LogP contribution in [0.2, 0.25) is 0 Å². The Labute approximate surface area is 427 Å². The van der Waals surface area contributed by atoms with Crippen molar-refractivity contribution in [1.29, 1.82) is 0 Å². The van der Waals surface area contributed by atoms with Crippen LogP contribution in [0, 0.1) is 11.8 Å². The number of aromatic nitrogens is 1. The van der Waals surface area contributed by atoms with Gasteiger partial charge in [-0.3, -0.25) is 19.2 Å². The molecule has 4 aliphatic rings. The number of ether oxygens (including phenoxy) is 3. The van der Waals surface area contributed by atoms with Crippen molar-refractivity contribution >= 4 is 58.7 Å². The second-order valence-corrected chi connectivity index (χ2v) is 19.9. The average Bonchev–Trinajstić information content (AvgIpc) is 4.21. The first-order chi connectivity index (χ1) is 35.2. The third-order valence-electron chi connectivity index (χ3n) is 14.6. The van der Waals surface area contributed by atoms with Crippen LogP contribution in [-0.2, 0) is 33.4 Å². The van der Waals surface area contributed by atoms with Gasteiger partial charge in [-0.25, -0.2) is 14.6 Å². The molecule has 8 rings (SSSR count). The quantitative estimate of drug-likeness (QED) is 0.0928. The number of rotatable bonds is 15. The van der Waals surface area contributed by atoms with Crippen LogP contribution >= 0.6 is 0 Å². The van der Waals surface area contributed by atoms with E-state index in [0.717, 1.165) is 59.7 Å². The van der Waals surface area contributed by atoms with Crippen molar-refractivity contribution in [1.82, 2.24) is 25.4 Å². The van der Waals surface area contributed by atoms with E-state index in [0.29, 0.717) is 63.4 Å². The van der Waals surface area contributed by atoms with E-state index >= 15 is 0 Å². The standard InChI is InChI=1S/C55H69N9O9/c1-34(2)48(59-54(69)71-5)52(67)62-27-7-9-45(62)50(65)57-40-18-11-37(12-19-40)43-24-25-44(64(43)42-22-15-36(16-23-42)39-17-26-47(56-33-39)61-29-31-73-32-30-61)38-13-20-41(21-14-38)58-51(66)46-10-8-28-63(46)53(68)49(35(3)4)60-55(70)72-6/h11-23,26,33-35,43-46,48-49H,7-10,24-25,27-32H2,1-6H3,(H,57,65)(H,58,66)(H,59,69)(H,60,70). The van der Waals surface area contributed by atoms with Gasteiger partial charge in [0.15, 0.2) is 0 Å². The number of benzene rings is 3. The van der Waals surface area contributed by atoms with E-state index in [-0.39, 0.29) is 47.5 Å². The van der Waals surface area contributed by atoms with Crippen molar-refractivity contribution in [2.75, 3.05) is 74.0 Å². The van der Waals surface area contributed by atoms with Gasteiger partial charge in [-0.15, -0.1) is 0 Å². The maximum atomic E-state index is 13.8. The summed E-state index contributed by atoms with van der Waals surface area (Å²) in [6.45, 7) is 11.2. The third kappa shape index (κ3) is 12.0. The van der Waals surface area contributed by atoms with Crippen molar-refractivity contribution in [3.05, 3.63) is 102 Å². The Morgan fingerprint density at radius 3 is 1.44 bits per heavy atom. The molecule has 0 saturated carbocycles. The van der Waals surface area contributed by atoms with Crippen molar-refractivity contribution in [2.24, 2.45) is 11.8 Å². The van der Waals surface area contributed by atoms with Crippen LogP contribution < -0.4 is 31.1 Å². The molecule has 0 aliphatic carbocycles. The highest BCUT2D eigenvalue weighted by atomic mass is 16.5. The summed E-state index contributed by atoms with van der Waals surface area (Å²) in [7, 11) is 2.50. The van der Waals surface area contributed by atoms with Crippen molar-refractivity contribution in [3.63, 3.8) is 0 Å². The molecule has 73 heavy (non-hydrogen) atoms. The Bertz CT molecular complexity index is 2450. The van der Waals surface area contributed by atoms with Crippen LogP contribution in [0.3, 0.4) is 0 Å². The number of methoxy groups -OCH3 is 2. The van der Waals surface area contributed by atoms with E-state index in [1.54, 1.807) is 9.80 Å². The molecule has 6 atom stereocenters. The summed E-state index contributed by atoms with van der Waals surface area (Å²) < 4.78 is 15.0. The number of alkyl carbamates (subject to hydrolysis) is 2. The number of nitrogens with one attached hydrogen (secondary N) is 4. The molecule has 18 nitrogen and oxygen atoms in total. The summed E-state index contributed by atoms with van der Waals surface area (Å²) in [6, 6.07) is 25.5. The van der Waals surface area contributed by atoms with Gasteiger partial charge in [-0.05, 0) is 116 Å². The van der Waals surface area contributed by atoms with E-state index in [9.17, 15) is 28.8 Å². The molecular weight excluding hydrogens is 931 g/mol. The van der Waals surface area contributed by atoms with E-state index in [1.807, 2.05) is 82.4 Å². The number of carbonyl (C=O) groups excluding carboxylic acids is 6. The van der Waals surface area contributed by atoms with Crippen LogP contribution in [0.4, 0.5) is 32.5 Å². The molecule has 3 aromatic carbocycles. The normalized spacial score (nSPS) is 20.7. The number of hydrogen-bond donors (Lipinski definition) is 4. The van der Waals surface area contributed by atoms with E-state index in [4.69, 9.17) is 19.2 Å². The third-order valence-corrected chi connectivity index (χ3v) is 14.6. The molecule has 4 fully saturated rings. The number of pyridine rings is 1. The molecule has 4 aliphatic heterocycles. The molecule has 0 spiro atoms. The number of morpholine rings is 1. The maximum absolute atomic E-state index is 13.8. The SMILES string of the molecule is COC(=O)NC(C(=O)N1CCCC1C(=O)Nc1ccc(C2CCC(c3ccc(NC(=O)C4CCCN4C(=O)C(NC(=O)OC)C(C)C)cc3)N2c2ccc(-c3ccc(N4CCOCC4)nc3)cc2)cc1)C(C)C.